The molecule has 3 N–H and O–H groups in total. The van der Waals surface area contributed by atoms with Gasteiger partial charge in [0.2, 0.25) is 0 Å². The molecule has 4 heteroatoms. The number of rotatable bonds is 3. The molecule has 0 radical (unpaired) electrons. The molecule has 1 rings (SSSR count). The second-order valence-electron chi connectivity index (χ2n) is 4.94. The van der Waals surface area contributed by atoms with Crippen LogP contribution in [0.25, 0.3) is 0 Å². The summed E-state index contributed by atoms with van der Waals surface area (Å²) in [4.78, 5) is 4.21. The van der Waals surface area contributed by atoms with Crippen LogP contribution in [0.15, 0.2) is 23.2 Å². The Morgan fingerprint density at radius 1 is 1.35 bits per heavy atom. The standard InChI is InChI=1S/C13H19NO3/c1-13(2,3)14-7-12(17)9-4-5-11(16)10(6-9)8-15/h4-7,12,15-17H,8H2,1-3H3. The number of benzene rings is 1. The topological polar surface area (TPSA) is 73.1 Å². The van der Waals surface area contributed by atoms with Crippen LogP contribution in [0.3, 0.4) is 0 Å². The molecule has 0 amide bonds. The number of phenols is 1. The van der Waals surface area contributed by atoms with Crippen LogP contribution in [0.4, 0.5) is 0 Å². The third-order valence-corrected chi connectivity index (χ3v) is 2.22. The first kappa shape index (κ1) is 13.7. The number of aliphatic hydroxyl groups is 2. The van der Waals surface area contributed by atoms with E-state index in [-0.39, 0.29) is 17.9 Å². The molecular weight excluding hydrogens is 218 g/mol. The zero-order valence-electron chi connectivity index (χ0n) is 10.4. The van der Waals surface area contributed by atoms with E-state index in [2.05, 4.69) is 4.99 Å². The van der Waals surface area contributed by atoms with E-state index in [1.807, 2.05) is 20.8 Å². The summed E-state index contributed by atoms with van der Waals surface area (Å²) in [6.45, 7) is 5.55. The van der Waals surface area contributed by atoms with E-state index in [1.165, 1.54) is 12.3 Å². The fourth-order valence-electron chi connectivity index (χ4n) is 1.30. The van der Waals surface area contributed by atoms with Crippen molar-refractivity contribution < 1.29 is 15.3 Å². The molecule has 0 aromatic heterocycles. The van der Waals surface area contributed by atoms with Crippen LogP contribution in [0.5, 0.6) is 5.75 Å². The molecule has 0 bridgehead atoms. The van der Waals surface area contributed by atoms with Crippen molar-refractivity contribution in [2.24, 2.45) is 4.99 Å². The first-order valence-corrected chi connectivity index (χ1v) is 5.49. The zero-order valence-corrected chi connectivity index (χ0v) is 10.4. The number of nitrogens with zero attached hydrogens (tertiary/aromatic N) is 1. The van der Waals surface area contributed by atoms with Gasteiger partial charge in [0.1, 0.15) is 11.9 Å². The maximum atomic E-state index is 9.88. The molecule has 1 aromatic carbocycles. The van der Waals surface area contributed by atoms with Crippen LogP contribution in [0, 0.1) is 0 Å². The number of aliphatic hydroxyl groups excluding tert-OH is 2. The van der Waals surface area contributed by atoms with E-state index in [4.69, 9.17) is 5.11 Å². The number of aliphatic imine (C=N–C) groups is 1. The second kappa shape index (κ2) is 5.29. The lowest BCUT2D eigenvalue weighted by molar-refractivity contribution is 0.249. The third-order valence-electron chi connectivity index (χ3n) is 2.22. The zero-order chi connectivity index (χ0) is 13.1. The van der Waals surface area contributed by atoms with E-state index in [0.717, 1.165) is 0 Å². The molecule has 0 spiro atoms. The van der Waals surface area contributed by atoms with Gasteiger partial charge in [-0.25, -0.2) is 0 Å². The summed E-state index contributed by atoms with van der Waals surface area (Å²) in [6.07, 6.45) is 0.633. The van der Waals surface area contributed by atoms with Crippen LogP contribution in [-0.4, -0.2) is 27.1 Å². The van der Waals surface area contributed by atoms with Crippen molar-refractivity contribution >= 4 is 6.21 Å². The summed E-state index contributed by atoms with van der Waals surface area (Å²) in [5, 5.41) is 28.3. The number of hydrogen-bond acceptors (Lipinski definition) is 4. The highest BCUT2D eigenvalue weighted by atomic mass is 16.3. The summed E-state index contributed by atoms with van der Waals surface area (Å²) in [6, 6.07) is 4.62. The van der Waals surface area contributed by atoms with E-state index < -0.39 is 6.10 Å². The van der Waals surface area contributed by atoms with Gasteiger partial charge in [-0.3, -0.25) is 4.99 Å². The Morgan fingerprint density at radius 2 is 2.00 bits per heavy atom. The Bertz CT molecular complexity index is 408. The van der Waals surface area contributed by atoms with E-state index in [0.29, 0.717) is 11.1 Å². The number of hydrogen-bond donors (Lipinski definition) is 3. The van der Waals surface area contributed by atoms with Gasteiger partial charge in [0, 0.05) is 11.8 Å². The van der Waals surface area contributed by atoms with Crippen LogP contribution in [-0.2, 0) is 6.61 Å². The molecule has 0 heterocycles. The van der Waals surface area contributed by atoms with Gasteiger partial charge in [-0.15, -0.1) is 0 Å². The molecule has 1 aromatic rings. The lowest BCUT2D eigenvalue weighted by Crippen LogP contribution is -2.11. The molecule has 17 heavy (non-hydrogen) atoms. The summed E-state index contributed by atoms with van der Waals surface area (Å²) < 4.78 is 0. The molecule has 0 aliphatic rings. The molecule has 94 valence electrons. The van der Waals surface area contributed by atoms with Gasteiger partial charge in [-0.05, 0) is 38.5 Å². The molecular formula is C13H19NO3. The predicted molar refractivity (Wildman–Crippen MR) is 67.2 cm³/mol. The van der Waals surface area contributed by atoms with E-state index in [9.17, 15) is 10.2 Å². The Morgan fingerprint density at radius 3 is 2.53 bits per heavy atom. The van der Waals surface area contributed by atoms with Crippen LogP contribution < -0.4 is 0 Å². The minimum atomic E-state index is -0.833. The van der Waals surface area contributed by atoms with Gasteiger partial charge in [-0.2, -0.15) is 0 Å². The average Bonchev–Trinajstić information content (AvgIpc) is 2.25. The van der Waals surface area contributed by atoms with Crippen LogP contribution in [0.1, 0.15) is 38.0 Å². The fraction of sp³-hybridized carbons (Fsp3) is 0.462. The Balaban J connectivity index is 2.90. The van der Waals surface area contributed by atoms with E-state index >= 15 is 0 Å². The van der Waals surface area contributed by atoms with Gasteiger partial charge in [0.25, 0.3) is 0 Å². The van der Waals surface area contributed by atoms with Crippen molar-refractivity contribution in [2.75, 3.05) is 0 Å². The van der Waals surface area contributed by atoms with E-state index in [1.54, 1.807) is 12.1 Å². The first-order chi connectivity index (χ1) is 7.83. The maximum Gasteiger partial charge on any atom is 0.121 e. The molecule has 0 saturated heterocycles. The maximum absolute atomic E-state index is 9.88. The van der Waals surface area contributed by atoms with Gasteiger partial charge >= 0.3 is 0 Å². The fourth-order valence-corrected chi connectivity index (χ4v) is 1.30. The summed E-state index contributed by atoms with van der Waals surface area (Å²) in [7, 11) is 0. The molecule has 0 aliphatic carbocycles. The highest BCUT2D eigenvalue weighted by Crippen LogP contribution is 2.22. The molecule has 0 saturated carbocycles. The molecule has 1 unspecified atom stereocenters. The van der Waals surface area contributed by atoms with Crippen LogP contribution in [0.2, 0.25) is 0 Å². The predicted octanol–water partition coefficient (Wildman–Crippen LogP) is 1.79. The van der Waals surface area contributed by atoms with Crippen molar-refractivity contribution in [3.8, 4) is 5.75 Å². The lowest BCUT2D eigenvalue weighted by Gasteiger charge is -2.13. The highest BCUT2D eigenvalue weighted by molar-refractivity contribution is 5.66. The molecule has 1 atom stereocenters. The average molecular weight is 237 g/mol. The Hall–Kier alpha value is -1.39. The minimum absolute atomic E-state index is 0.0243. The number of aromatic hydroxyl groups is 1. The minimum Gasteiger partial charge on any atom is -0.508 e. The smallest absolute Gasteiger partial charge is 0.121 e. The van der Waals surface area contributed by atoms with Gasteiger partial charge in [0.15, 0.2) is 0 Å². The molecule has 0 fully saturated rings. The van der Waals surface area contributed by atoms with Crippen molar-refractivity contribution in [2.45, 2.75) is 39.0 Å². The summed E-state index contributed by atoms with van der Waals surface area (Å²) in [5.41, 5.74) is 0.753. The van der Waals surface area contributed by atoms with Crippen molar-refractivity contribution in [3.63, 3.8) is 0 Å². The van der Waals surface area contributed by atoms with Crippen molar-refractivity contribution in [1.82, 2.24) is 0 Å². The van der Waals surface area contributed by atoms with Gasteiger partial charge < -0.3 is 15.3 Å². The lowest BCUT2D eigenvalue weighted by atomic mass is 10.1. The van der Waals surface area contributed by atoms with Crippen molar-refractivity contribution in [3.05, 3.63) is 29.3 Å². The normalized spacial score (nSPS) is 14.2. The third kappa shape index (κ3) is 4.17. The van der Waals surface area contributed by atoms with Crippen LogP contribution >= 0.6 is 0 Å². The summed E-state index contributed by atoms with van der Waals surface area (Å²) >= 11 is 0. The quantitative estimate of drug-likeness (QED) is 0.702. The SMILES string of the molecule is CC(C)(C)N=CC(O)c1ccc(O)c(CO)c1. The molecule has 4 nitrogen and oxygen atoms in total. The van der Waals surface area contributed by atoms with Gasteiger partial charge in [-0.1, -0.05) is 6.07 Å². The summed E-state index contributed by atoms with van der Waals surface area (Å²) in [5.74, 6) is 0.0243. The largest absolute Gasteiger partial charge is 0.508 e. The molecule has 0 aliphatic heterocycles. The Kier molecular flexibility index (Phi) is 4.26. The monoisotopic (exact) mass is 237 g/mol. The second-order valence-corrected chi connectivity index (χ2v) is 4.94. The Labute approximate surface area is 101 Å². The van der Waals surface area contributed by atoms with Crippen molar-refractivity contribution in [1.29, 1.82) is 0 Å². The van der Waals surface area contributed by atoms with Gasteiger partial charge in [0.05, 0.1) is 12.1 Å². The first-order valence-electron chi connectivity index (χ1n) is 5.49. The highest BCUT2D eigenvalue weighted by Gasteiger charge is 2.10.